The molecule has 0 bridgehead atoms. The summed E-state index contributed by atoms with van der Waals surface area (Å²) in [6.45, 7) is 5.42. The fourth-order valence-electron chi connectivity index (χ4n) is 6.43. The van der Waals surface area contributed by atoms with Crippen LogP contribution in [0, 0.1) is 0 Å². The largest absolute Gasteiger partial charge is 0.472 e. The zero-order valence-electron chi connectivity index (χ0n) is 35.4. The van der Waals surface area contributed by atoms with Crippen molar-refractivity contribution in [2.45, 2.75) is 232 Å². The van der Waals surface area contributed by atoms with Crippen molar-refractivity contribution in [2.24, 2.45) is 0 Å². The molecule has 0 saturated heterocycles. The number of allylic oxidation sites excluding steroid dienone is 4. The minimum Gasteiger partial charge on any atom is -0.462 e. The molecule has 0 aliphatic carbocycles. The van der Waals surface area contributed by atoms with Crippen molar-refractivity contribution in [3.05, 3.63) is 24.3 Å². The van der Waals surface area contributed by atoms with Gasteiger partial charge in [-0.3, -0.25) is 18.6 Å². The highest BCUT2D eigenvalue weighted by Gasteiger charge is 2.25. The third kappa shape index (κ3) is 40.2. The van der Waals surface area contributed by atoms with Crippen molar-refractivity contribution in [3.8, 4) is 0 Å². The molecule has 54 heavy (non-hydrogen) atoms. The number of phosphoric ester groups is 1. The van der Waals surface area contributed by atoms with E-state index in [1.54, 1.807) is 6.92 Å². The Morgan fingerprint density at radius 2 is 0.926 bits per heavy atom. The molecular formula is C45H85O8P. The number of ether oxygens (including phenoxy) is 2. The number of rotatable bonds is 42. The summed E-state index contributed by atoms with van der Waals surface area (Å²) in [6, 6.07) is 0. The molecule has 0 fully saturated rings. The van der Waals surface area contributed by atoms with Crippen molar-refractivity contribution >= 4 is 19.8 Å². The molecule has 0 aliphatic heterocycles. The maximum absolute atomic E-state index is 12.5. The molecule has 0 aromatic rings. The van der Waals surface area contributed by atoms with Gasteiger partial charge in [0.25, 0.3) is 0 Å². The second-order valence-corrected chi connectivity index (χ2v) is 16.5. The van der Waals surface area contributed by atoms with Gasteiger partial charge in [-0.25, -0.2) is 4.57 Å². The topological polar surface area (TPSA) is 108 Å². The van der Waals surface area contributed by atoms with Crippen molar-refractivity contribution < 1.29 is 37.6 Å². The van der Waals surface area contributed by atoms with E-state index in [1.807, 2.05) is 0 Å². The van der Waals surface area contributed by atoms with Gasteiger partial charge in [-0.1, -0.05) is 192 Å². The molecule has 0 amide bonds. The van der Waals surface area contributed by atoms with Gasteiger partial charge in [0.2, 0.25) is 0 Å². The number of hydrogen-bond acceptors (Lipinski definition) is 7. The van der Waals surface area contributed by atoms with Crippen LogP contribution in [-0.2, 0) is 32.7 Å². The fraction of sp³-hybridized carbons (Fsp3) is 0.867. The minimum atomic E-state index is -4.28. The Labute approximate surface area is 333 Å². The van der Waals surface area contributed by atoms with Gasteiger partial charge < -0.3 is 14.4 Å². The third-order valence-electron chi connectivity index (χ3n) is 9.74. The number of carbonyl (C=O) groups excluding carboxylic acids is 2. The molecule has 0 aliphatic rings. The van der Waals surface area contributed by atoms with Crippen LogP contribution in [0.1, 0.15) is 226 Å². The first-order chi connectivity index (χ1) is 26.3. The van der Waals surface area contributed by atoms with Gasteiger partial charge >= 0.3 is 19.8 Å². The Morgan fingerprint density at radius 3 is 1.39 bits per heavy atom. The Hall–Kier alpha value is -1.47. The monoisotopic (exact) mass is 785 g/mol. The lowest BCUT2D eigenvalue weighted by Gasteiger charge is -2.19. The van der Waals surface area contributed by atoms with Crippen LogP contribution in [0.2, 0.25) is 0 Å². The Bertz CT molecular complexity index is 937. The van der Waals surface area contributed by atoms with Crippen LogP contribution in [0.3, 0.4) is 0 Å². The predicted octanol–water partition coefficient (Wildman–Crippen LogP) is 14.2. The Kier molecular flexibility index (Phi) is 40.1. The lowest BCUT2D eigenvalue weighted by atomic mass is 10.0. The van der Waals surface area contributed by atoms with Crippen LogP contribution in [0.4, 0.5) is 0 Å². The normalized spacial score (nSPS) is 13.5. The number of phosphoric acid groups is 1. The van der Waals surface area contributed by atoms with E-state index in [-0.39, 0.29) is 25.6 Å². The predicted molar refractivity (Wildman–Crippen MR) is 226 cm³/mol. The lowest BCUT2D eigenvalue weighted by Crippen LogP contribution is -2.29. The summed E-state index contributed by atoms with van der Waals surface area (Å²) >= 11 is 0. The second-order valence-electron chi connectivity index (χ2n) is 15.1. The van der Waals surface area contributed by atoms with E-state index in [0.29, 0.717) is 12.8 Å². The number of carbonyl (C=O) groups is 2. The zero-order valence-corrected chi connectivity index (χ0v) is 36.3. The van der Waals surface area contributed by atoms with Crippen molar-refractivity contribution in [2.75, 3.05) is 19.8 Å². The van der Waals surface area contributed by atoms with Gasteiger partial charge in [0.1, 0.15) is 6.61 Å². The van der Waals surface area contributed by atoms with Gasteiger partial charge in [-0.15, -0.1) is 0 Å². The van der Waals surface area contributed by atoms with E-state index in [9.17, 15) is 19.0 Å². The maximum atomic E-state index is 12.5. The molecular weight excluding hydrogens is 699 g/mol. The molecule has 2 atom stereocenters. The zero-order chi connectivity index (χ0) is 39.6. The molecule has 8 nitrogen and oxygen atoms in total. The minimum absolute atomic E-state index is 0.000591. The van der Waals surface area contributed by atoms with Crippen molar-refractivity contribution in [3.63, 3.8) is 0 Å². The molecule has 1 N–H and O–H groups in total. The van der Waals surface area contributed by atoms with Crippen LogP contribution in [0.5, 0.6) is 0 Å². The van der Waals surface area contributed by atoms with Gasteiger partial charge in [0.15, 0.2) is 6.10 Å². The van der Waals surface area contributed by atoms with Gasteiger partial charge in [0.05, 0.1) is 13.2 Å². The van der Waals surface area contributed by atoms with Crippen LogP contribution >= 0.6 is 7.82 Å². The van der Waals surface area contributed by atoms with Crippen LogP contribution < -0.4 is 0 Å². The Balaban J connectivity index is 3.98. The first-order valence-electron chi connectivity index (χ1n) is 22.6. The fourth-order valence-corrected chi connectivity index (χ4v) is 7.19. The molecule has 0 spiro atoms. The summed E-state index contributed by atoms with van der Waals surface area (Å²) in [5.74, 6) is -0.805. The molecule has 9 heteroatoms. The summed E-state index contributed by atoms with van der Waals surface area (Å²) in [5.41, 5.74) is 0. The first kappa shape index (κ1) is 52.5. The summed E-state index contributed by atoms with van der Waals surface area (Å²) in [4.78, 5) is 34.7. The van der Waals surface area contributed by atoms with E-state index >= 15 is 0 Å². The molecule has 0 saturated carbocycles. The summed E-state index contributed by atoms with van der Waals surface area (Å²) in [5, 5.41) is 0. The van der Waals surface area contributed by atoms with E-state index in [4.69, 9.17) is 18.5 Å². The SMILES string of the molecule is CCC/C=C\C/C=C\CCCCCCCC(=O)OC(COC(=O)CCCCCCCCCCCCCCCCCCCCCCC)COP(=O)(O)OCC. The van der Waals surface area contributed by atoms with Crippen molar-refractivity contribution in [1.82, 2.24) is 0 Å². The quantitative estimate of drug-likeness (QED) is 0.0282. The highest BCUT2D eigenvalue weighted by Crippen LogP contribution is 2.43. The van der Waals surface area contributed by atoms with E-state index in [0.717, 1.165) is 64.2 Å². The van der Waals surface area contributed by atoms with E-state index in [1.165, 1.54) is 122 Å². The summed E-state index contributed by atoms with van der Waals surface area (Å²) in [7, 11) is -4.28. The number of unbranched alkanes of at least 4 members (excludes halogenated alkanes) is 26. The van der Waals surface area contributed by atoms with E-state index in [2.05, 4.69) is 38.2 Å². The summed E-state index contributed by atoms with van der Waals surface area (Å²) in [6.07, 6.45) is 45.3. The van der Waals surface area contributed by atoms with E-state index < -0.39 is 26.5 Å². The van der Waals surface area contributed by atoms with Crippen LogP contribution in [-0.4, -0.2) is 42.8 Å². The first-order valence-corrected chi connectivity index (χ1v) is 24.1. The molecule has 2 unspecified atom stereocenters. The van der Waals surface area contributed by atoms with Gasteiger partial charge in [-0.05, 0) is 45.4 Å². The average Bonchev–Trinajstić information content (AvgIpc) is 3.15. The second kappa shape index (κ2) is 41.2. The average molecular weight is 785 g/mol. The van der Waals surface area contributed by atoms with Gasteiger partial charge in [0, 0.05) is 12.8 Å². The molecule has 0 rings (SSSR count). The van der Waals surface area contributed by atoms with Crippen LogP contribution in [0.15, 0.2) is 24.3 Å². The molecule has 0 aromatic carbocycles. The molecule has 318 valence electrons. The molecule has 0 heterocycles. The standard InChI is InChI=1S/C45H85O8P/c1-4-7-9-11-13-15-17-19-20-21-22-23-24-25-26-28-29-31-33-35-37-39-44(46)50-41-43(42-52-54(48,49)51-6-3)53-45(47)40-38-36-34-32-30-27-18-16-14-12-10-8-5-2/h10,12,16,18,43H,4-9,11,13-15,17,19-42H2,1-3H3,(H,48,49)/b12-10-,18-16-. The smallest absolute Gasteiger partial charge is 0.462 e. The maximum Gasteiger partial charge on any atom is 0.472 e. The highest BCUT2D eigenvalue weighted by atomic mass is 31.2. The van der Waals surface area contributed by atoms with Gasteiger partial charge in [-0.2, -0.15) is 0 Å². The number of hydrogen-bond donors (Lipinski definition) is 1. The highest BCUT2D eigenvalue weighted by molar-refractivity contribution is 7.47. The Morgan fingerprint density at radius 1 is 0.500 bits per heavy atom. The van der Waals surface area contributed by atoms with Crippen molar-refractivity contribution in [1.29, 1.82) is 0 Å². The van der Waals surface area contributed by atoms with Crippen LogP contribution in [0.25, 0.3) is 0 Å². The molecule has 0 radical (unpaired) electrons. The summed E-state index contributed by atoms with van der Waals surface area (Å²) < 4.78 is 32.6. The third-order valence-corrected chi connectivity index (χ3v) is 10.8. The molecule has 0 aromatic heterocycles. The lowest BCUT2D eigenvalue weighted by molar-refractivity contribution is -0.161. The number of esters is 2.